The summed E-state index contributed by atoms with van der Waals surface area (Å²) >= 11 is 0. The number of ether oxygens (including phenoxy) is 1. The highest BCUT2D eigenvalue weighted by molar-refractivity contribution is 5.85. The van der Waals surface area contributed by atoms with E-state index in [1.54, 1.807) is 6.07 Å². The monoisotopic (exact) mass is 309 g/mol. The van der Waals surface area contributed by atoms with Gasteiger partial charge in [0.1, 0.15) is 5.75 Å². The summed E-state index contributed by atoms with van der Waals surface area (Å²) < 4.78 is 43.2. The molecule has 6 heteroatoms. The Labute approximate surface area is 123 Å². The highest BCUT2D eigenvalue weighted by Gasteiger charge is 2.33. The molecule has 114 valence electrons. The van der Waals surface area contributed by atoms with Gasteiger partial charge in [0, 0.05) is 0 Å². The van der Waals surface area contributed by atoms with Crippen molar-refractivity contribution >= 4 is 12.4 Å². The van der Waals surface area contributed by atoms with E-state index in [0.717, 1.165) is 37.2 Å². The predicted molar refractivity (Wildman–Crippen MR) is 74.6 cm³/mol. The van der Waals surface area contributed by atoms with Crippen molar-refractivity contribution in [1.82, 2.24) is 5.32 Å². The quantitative estimate of drug-likeness (QED) is 0.896. The van der Waals surface area contributed by atoms with Crippen molar-refractivity contribution in [3.8, 4) is 5.75 Å². The first-order valence-corrected chi connectivity index (χ1v) is 6.39. The summed E-state index contributed by atoms with van der Waals surface area (Å²) in [5.74, 6) is 0.978. The second-order valence-electron chi connectivity index (χ2n) is 5.03. The number of rotatable bonds is 2. The molecule has 1 aromatic carbocycles. The van der Waals surface area contributed by atoms with Gasteiger partial charge in [-0.05, 0) is 49.0 Å². The van der Waals surface area contributed by atoms with Gasteiger partial charge < -0.3 is 10.1 Å². The van der Waals surface area contributed by atoms with Crippen LogP contribution in [0.1, 0.15) is 30.4 Å². The Morgan fingerprint density at radius 3 is 2.55 bits per heavy atom. The minimum absolute atomic E-state index is 0. The first kappa shape index (κ1) is 17.1. The van der Waals surface area contributed by atoms with Crippen LogP contribution in [0.15, 0.2) is 18.2 Å². The van der Waals surface area contributed by atoms with Crippen molar-refractivity contribution in [2.24, 2.45) is 5.92 Å². The lowest BCUT2D eigenvalue weighted by Gasteiger charge is -2.31. The third kappa shape index (κ3) is 3.58. The molecular weight excluding hydrogens is 291 g/mol. The maximum Gasteiger partial charge on any atom is 0.416 e. The maximum atomic E-state index is 12.7. The van der Waals surface area contributed by atoms with Gasteiger partial charge in [-0.2, -0.15) is 13.2 Å². The Hall–Kier alpha value is -0.940. The summed E-state index contributed by atoms with van der Waals surface area (Å²) in [4.78, 5) is 0. The number of hydrogen-bond acceptors (Lipinski definition) is 2. The number of benzene rings is 1. The van der Waals surface area contributed by atoms with E-state index >= 15 is 0 Å². The van der Waals surface area contributed by atoms with Crippen LogP contribution < -0.4 is 10.1 Å². The molecule has 1 fully saturated rings. The molecule has 0 spiro atoms. The molecule has 0 amide bonds. The molecule has 0 unspecified atom stereocenters. The average molecular weight is 310 g/mol. The van der Waals surface area contributed by atoms with Crippen LogP contribution in [0.5, 0.6) is 5.75 Å². The predicted octanol–water partition coefficient (Wildman–Crippen LogP) is 3.85. The lowest BCUT2D eigenvalue weighted by Crippen LogP contribution is -2.33. The second-order valence-corrected chi connectivity index (χ2v) is 5.03. The number of halogens is 4. The van der Waals surface area contributed by atoms with Crippen LogP contribution >= 0.6 is 12.4 Å². The Bertz CT molecular complexity index is 451. The van der Waals surface area contributed by atoms with Gasteiger partial charge in [0.05, 0.1) is 12.7 Å². The van der Waals surface area contributed by atoms with Gasteiger partial charge in [0.15, 0.2) is 0 Å². The highest BCUT2D eigenvalue weighted by Crippen LogP contribution is 2.39. The number of alkyl halides is 3. The van der Waals surface area contributed by atoms with Gasteiger partial charge >= 0.3 is 6.18 Å². The fourth-order valence-electron chi connectivity index (χ4n) is 2.67. The number of nitrogens with one attached hydrogen (secondary N) is 1. The minimum Gasteiger partial charge on any atom is -0.496 e. The topological polar surface area (TPSA) is 21.3 Å². The summed E-state index contributed by atoms with van der Waals surface area (Å²) in [5, 5.41) is 3.29. The molecule has 0 bridgehead atoms. The molecule has 0 saturated carbocycles. The van der Waals surface area contributed by atoms with E-state index in [-0.39, 0.29) is 18.3 Å². The van der Waals surface area contributed by atoms with Gasteiger partial charge in [0.2, 0.25) is 0 Å². The Morgan fingerprint density at radius 2 is 2.00 bits per heavy atom. The fraction of sp³-hybridized carbons (Fsp3) is 0.571. The summed E-state index contributed by atoms with van der Waals surface area (Å²) in [5.41, 5.74) is 0.221. The number of methoxy groups -OCH3 is 1. The van der Waals surface area contributed by atoms with Gasteiger partial charge in [-0.1, -0.05) is 13.0 Å². The summed E-state index contributed by atoms with van der Waals surface area (Å²) in [7, 11) is 1.42. The van der Waals surface area contributed by atoms with Crippen LogP contribution in [0, 0.1) is 5.92 Å². The zero-order valence-corrected chi connectivity index (χ0v) is 12.3. The summed E-state index contributed by atoms with van der Waals surface area (Å²) in [6, 6.07) is 3.81. The van der Waals surface area contributed by atoms with Crippen molar-refractivity contribution in [3.05, 3.63) is 29.3 Å². The first-order valence-electron chi connectivity index (χ1n) is 6.39. The second kappa shape index (κ2) is 6.68. The van der Waals surface area contributed by atoms with Crippen LogP contribution in [0.3, 0.4) is 0 Å². The zero-order chi connectivity index (χ0) is 14.0. The van der Waals surface area contributed by atoms with E-state index in [4.69, 9.17) is 4.74 Å². The van der Waals surface area contributed by atoms with Crippen LogP contribution in [0.4, 0.5) is 13.2 Å². The van der Waals surface area contributed by atoms with Gasteiger partial charge in [0.25, 0.3) is 0 Å². The SMILES string of the molecule is COc1cc(C(F)(F)F)ccc1[C@H]1CCNC[C@H]1C.Cl. The van der Waals surface area contributed by atoms with E-state index in [0.29, 0.717) is 11.7 Å². The van der Waals surface area contributed by atoms with Crippen molar-refractivity contribution in [2.45, 2.75) is 25.4 Å². The van der Waals surface area contributed by atoms with Gasteiger partial charge in [-0.3, -0.25) is 0 Å². The van der Waals surface area contributed by atoms with Gasteiger partial charge in [-0.25, -0.2) is 0 Å². The third-order valence-electron chi connectivity index (χ3n) is 3.75. The fourth-order valence-corrected chi connectivity index (χ4v) is 2.67. The standard InChI is InChI=1S/C14H18F3NO.ClH/c1-9-8-18-6-5-11(9)12-4-3-10(14(15,16)17)7-13(12)19-2;/h3-4,7,9,11,18H,5-6,8H2,1-2H3;1H/t9-,11+;/m1./s1. The molecule has 1 N–H and O–H groups in total. The molecular formula is C14H19ClF3NO. The molecule has 1 aliphatic heterocycles. The largest absolute Gasteiger partial charge is 0.496 e. The minimum atomic E-state index is -4.33. The molecule has 20 heavy (non-hydrogen) atoms. The lowest BCUT2D eigenvalue weighted by atomic mass is 9.81. The molecule has 0 aliphatic carbocycles. The Kier molecular flexibility index (Phi) is 5.71. The van der Waals surface area contributed by atoms with E-state index in [1.807, 2.05) is 0 Å². The molecule has 1 saturated heterocycles. The van der Waals surface area contributed by atoms with Crippen molar-refractivity contribution < 1.29 is 17.9 Å². The lowest BCUT2D eigenvalue weighted by molar-refractivity contribution is -0.137. The van der Waals surface area contributed by atoms with E-state index < -0.39 is 11.7 Å². The van der Waals surface area contributed by atoms with Crippen LogP contribution in [0.2, 0.25) is 0 Å². The zero-order valence-electron chi connectivity index (χ0n) is 11.5. The maximum absolute atomic E-state index is 12.7. The molecule has 2 atom stereocenters. The van der Waals surface area contributed by atoms with Crippen LogP contribution in [-0.2, 0) is 6.18 Å². The molecule has 1 aliphatic rings. The third-order valence-corrected chi connectivity index (χ3v) is 3.75. The normalized spacial score (nSPS) is 23.1. The van der Waals surface area contributed by atoms with Crippen molar-refractivity contribution in [1.29, 1.82) is 0 Å². The van der Waals surface area contributed by atoms with Crippen LogP contribution in [0.25, 0.3) is 0 Å². The van der Waals surface area contributed by atoms with E-state index in [9.17, 15) is 13.2 Å². The molecule has 0 radical (unpaired) electrons. The van der Waals surface area contributed by atoms with Crippen LogP contribution in [-0.4, -0.2) is 20.2 Å². The molecule has 1 heterocycles. The smallest absolute Gasteiger partial charge is 0.416 e. The van der Waals surface area contributed by atoms with E-state index in [1.165, 1.54) is 7.11 Å². The molecule has 1 aromatic rings. The molecule has 2 nitrogen and oxygen atoms in total. The summed E-state index contributed by atoms with van der Waals surface area (Å²) in [6.07, 6.45) is -3.41. The van der Waals surface area contributed by atoms with Crippen molar-refractivity contribution in [3.63, 3.8) is 0 Å². The molecule has 2 rings (SSSR count). The number of hydrogen-bond donors (Lipinski definition) is 1. The van der Waals surface area contributed by atoms with E-state index in [2.05, 4.69) is 12.2 Å². The first-order chi connectivity index (χ1) is 8.93. The van der Waals surface area contributed by atoms with Gasteiger partial charge in [-0.15, -0.1) is 12.4 Å². The Balaban J connectivity index is 0.00000200. The van der Waals surface area contributed by atoms with Crippen molar-refractivity contribution in [2.75, 3.05) is 20.2 Å². The molecule has 0 aromatic heterocycles. The Morgan fingerprint density at radius 1 is 1.30 bits per heavy atom. The average Bonchev–Trinajstić information content (AvgIpc) is 2.37. The highest BCUT2D eigenvalue weighted by atomic mass is 35.5. The number of piperidine rings is 1. The summed E-state index contributed by atoms with van der Waals surface area (Å²) in [6.45, 7) is 3.88.